The average Bonchev–Trinajstić information content (AvgIpc) is 2.73. The van der Waals surface area contributed by atoms with Gasteiger partial charge in [0.25, 0.3) is 0 Å². The van der Waals surface area contributed by atoms with Crippen molar-refractivity contribution < 1.29 is 5.11 Å². The Bertz CT molecular complexity index is 864. The molecular weight excluding hydrogens is 320 g/mol. The minimum absolute atomic E-state index is 0.0403. The van der Waals surface area contributed by atoms with Gasteiger partial charge in [-0.05, 0) is 49.4 Å². The van der Waals surface area contributed by atoms with Crippen molar-refractivity contribution in [1.82, 2.24) is 4.98 Å². The molecule has 0 aliphatic carbocycles. The van der Waals surface area contributed by atoms with Crippen LogP contribution in [-0.2, 0) is 6.42 Å². The second-order valence-corrected chi connectivity index (χ2v) is 7.53. The summed E-state index contributed by atoms with van der Waals surface area (Å²) < 4.78 is 0. The highest BCUT2D eigenvalue weighted by Crippen LogP contribution is 2.36. The second kappa shape index (κ2) is 7.46. The van der Waals surface area contributed by atoms with Crippen molar-refractivity contribution in [2.75, 3.05) is 24.6 Å². The van der Waals surface area contributed by atoms with Crippen molar-refractivity contribution in [3.05, 3.63) is 72.3 Å². The molecule has 0 spiro atoms. The average molecular weight is 346 g/mol. The molecule has 1 N–H and O–H groups in total. The fraction of sp³-hybridized carbons (Fsp3) is 0.348. The fourth-order valence-electron chi connectivity index (χ4n) is 4.10. The summed E-state index contributed by atoms with van der Waals surface area (Å²) in [5.41, 5.74) is 2.34. The van der Waals surface area contributed by atoms with Crippen LogP contribution in [0.15, 0.2) is 66.7 Å². The monoisotopic (exact) mass is 346 g/mol. The quantitative estimate of drug-likeness (QED) is 0.742. The van der Waals surface area contributed by atoms with Gasteiger partial charge in [0.1, 0.15) is 5.82 Å². The summed E-state index contributed by atoms with van der Waals surface area (Å²) >= 11 is 0. The van der Waals surface area contributed by atoms with E-state index in [1.54, 1.807) is 0 Å². The largest absolute Gasteiger partial charge is 0.396 e. The molecule has 2 aromatic carbocycles. The van der Waals surface area contributed by atoms with Crippen molar-refractivity contribution in [2.24, 2.45) is 5.41 Å². The van der Waals surface area contributed by atoms with Crippen molar-refractivity contribution in [3.8, 4) is 0 Å². The number of pyridine rings is 1. The Morgan fingerprint density at radius 2 is 1.77 bits per heavy atom. The predicted molar refractivity (Wildman–Crippen MR) is 107 cm³/mol. The molecule has 1 unspecified atom stereocenters. The number of piperidine rings is 1. The predicted octanol–water partition coefficient (Wildman–Crippen LogP) is 4.45. The van der Waals surface area contributed by atoms with Gasteiger partial charge in [0, 0.05) is 23.9 Å². The summed E-state index contributed by atoms with van der Waals surface area (Å²) in [4.78, 5) is 7.22. The molecule has 3 nitrogen and oxygen atoms in total. The molecular formula is C23H26N2O. The summed E-state index contributed by atoms with van der Waals surface area (Å²) in [6, 6.07) is 23.1. The van der Waals surface area contributed by atoms with Crippen LogP contribution in [0.2, 0.25) is 0 Å². The normalized spacial score (nSPS) is 20.4. The molecule has 1 aromatic heterocycles. The van der Waals surface area contributed by atoms with Crippen molar-refractivity contribution in [1.29, 1.82) is 0 Å². The molecule has 4 rings (SSSR count). The molecule has 1 saturated heterocycles. The lowest BCUT2D eigenvalue weighted by molar-refractivity contribution is 0.0963. The second-order valence-electron chi connectivity index (χ2n) is 7.53. The molecule has 1 aliphatic heterocycles. The van der Waals surface area contributed by atoms with E-state index in [-0.39, 0.29) is 12.0 Å². The van der Waals surface area contributed by atoms with Crippen LogP contribution in [-0.4, -0.2) is 29.8 Å². The smallest absolute Gasteiger partial charge is 0.129 e. The molecule has 26 heavy (non-hydrogen) atoms. The van der Waals surface area contributed by atoms with Crippen LogP contribution in [0.1, 0.15) is 24.8 Å². The minimum atomic E-state index is -0.0403. The number of para-hydroxylation sites is 1. The first kappa shape index (κ1) is 17.0. The van der Waals surface area contributed by atoms with Crippen LogP contribution in [0.4, 0.5) is 5.82 Å². The molecule has 3 aromatic rings. The number of aliphatic hydroxyl groups is 1. The van der Waals surface area contributed by atoms with Gasteiger partial charge in [-0.3, -0.25) is 0 Å². The maximum Gasteiger partial charge on any atom is 0.129 e. The van der Waals surface area contributed by atoms with Crippen LogP contribution in [0.3, 0.4) is 0 Å². The van der Waals surface area contributed by atoms with E-state index in [4.69, 9.17) is 4.98 Å². The number of fused-ring (bicyclic) bond motifs is 1. The van der Waals surface area contributed by atoms with Gasteiger partial charge in [-0.15, -0.1) is 0 Å². The van der Waals surface area contributed by atoms with Gasteiger partial charge in [0.05, 0.1) is 12.1 Å². The minimum Gasteiger partial charge on any atom is -0.396 e. The van der Waals surface area contributed by atoms with Crippen LogP contribution in [0.25, 0.3) is 10.9 Å². The summed E-state index contributed by atoms with van der Waals surface area (Å²) in [5, 5.41) is 11.4. The van der Waals surface area contributed by atoms with E-state index >= 15 is 0 Å². The van der Waals surface area contributed by atoms with E-state index in [1.165, 1.54) is 10.9 Å². The Hall–Kier alpha value is -2.39. The summed E-state index contributed by atoms with van der Waals surface area (Å²) in [7, 11) is 0. The third-order valence-electron chi connectivity index (χ3n) is 5.69. The Balaban J connectivity index is 1.52. The number of aromatic nitrogens is 1. The van der Waals surface area contributed by atoms with Gasteiger partial charge in [0.15, 0.2) is 0 Å². The van der Waals surface area contributed by atoms with Gasteiger partial charge < -0.3 is 10.0 Å². The molecule has 0 amide bonds. The summed E-state index contributed by atoms with van der Waals surface area (Å²) in [6.07, 6.45) is 4.21. The van der Waals surface area contributed by atoms with Crippen LogP contribution < -0.4 is 4.90 Å². The number of nitrogens with zero attached hydrogens (tertiary/aromatic N) is 2. The van der Waals surface area contributed by atoms with Gasteiger partial charge in [0.2, 0.25) is 0 Å². The van der Waals surface area contributed by atoms with E-state index in [1.807, 2.05) is 12.1 Å². The first-order valence-electron chi connectivity index (χ1n) is 9.54. The van der Waals surface area contributed by atoms with Crippen molar-refractivity contribution in [2.45, 2.75) is 25.7 Å². The van der Waals surface area contributed by atoms with E-state index in [9.17, 15) is 5.11 Å². The maximum absolute atomic E-state index is 10.2. The third kappa shape index (κ3) is 3.58. The van der Waals surface area contributed by atoms with Gasteiger partial charge >= 0.3 is 0 Å². The maximum atomic E-state index is 10.2. The standard InChI is InChI=1S/C23H26N2O/c26-18-23(15-13-19-7-2-1-3-8-19)14-6-16-25(17-23)22-12-11-20-9-4-5-10-21(20)24-22/h1-5,7-12,26H,6,13-18H2. The molecule has 0 saturated carbocycles. The van der Waals surface area contributed by atoms with E-state index < -0.39 is 0 Å². The van der Waals surface area contributed by atoms with Crippen molar-refractivity contribution >= 4 is 16.7 Å². The molecule has 1 fully saturated rings. The topological polar surface area (TPSA) is 36.4 Å². The molecule has 0 bridgehead atoms. The lowest BCUT2D eigenvalue weighted by atomic mass is 9.76. The third-order valence-corrected chi connectivity index (χ3v) is 5.69. The zero-order valence-electron chi connectivity index (χ0n) is 15.1. The first-order chi connectivity index (χ1) is 12.8. The van der Waals surface area contributed by atoms with E-state index in [0.29, 0.717) is 0 Å². The summed E-state index contributed by atoms with van der Waals surface area (Å²) in [6.45, 7) is 2.13. The molecule has 3 heteroatoms. The Kier molecular flexibility index (Phi) is 4.89. The number of aryl methyl sites for hydroxylation is 1. The number of rotatable bonds is 5. The number of benzene rings is 2. The summed E-state index contributed by atoms with van der Waals surface area (Å²) in [5.74, 6) is 1.03. The molecule has 134 valence electrons. The highest BCUT2D eigenvalue weighted by Gasteiger charge is 2.35. The molecule has 1 aliphatic rings. The van der Waals surface area contributed by atoms with Gasteiger partial charge in [-0.2, -0.15) is 0 Å². The zero-order valence-corrected chi connectivity index (χ0v) is 15.1. The van der Waals surface area contributed by atoms with Crippen LogP contribution in [0.5, 0.6) is 0 Å². The lowest BCUT2D eigenvalue weighted by Crippen LogP contribution is -2.46. The Morgan fingerprint density at radius 1 is 0.962 bits per heavy atom. The lowest BCUT2D eigenvalue weighted by Gasteiger charge is -2.42. The van der Waals surface area contributed by atoms with Gasteiger partial charge in [-0.1, -0.05) is 48.5 Å². The number of aliphatic hydroxyl groups excluding tert-OH is 1. The number of anilines is 1. The zero-order chi connectivity index (χ0) is 17.8. The van der Waals surface area contributed by atoms with E-state index in [2.05, 4.69) is 59.5 Å². The van der Waals surface area contributed by atoms with Gasteiger partial charge in [-0.25, -0.2) is 4.98 Å². The molecule has 0 radical (unpaired) electrons. The van der Waals surface area contributed by atoms with Crippen molar-refractivity contribution in [3.63, 3.8) is 0 Å². The highest BCUT2D eigenvalue weighted by molar-refractivity contribution is 5.80. The first-order valence-corrected chi connectivity index (χ1v) is 9.54. The SMILES string of the molecule is OCC1(CCc2ccccc2)CCCN(c2ccc3ccccc3n2)C1. The van der Waals surface area contributed by atoms with Crippen LogP contribution >= 0.6 is 0 Å². The fourth-order valence-corrected chi connectivity index (χ4v) is 4.10. The highest BCUT2D eigenvalue weighted by atomic mass is 16.3. The molecule has 2 heterocycles. The van der Waals surface area contributed by atoms with Crippen LogP contribution in [0, 0.1) is 5.41 Å². The number of hydrogen-bond donors (Lipinski definition) is 1. The number of hydrogen-bond acceptors (Lipinski definition) is 3. The molecule has 1 atom stereocenters. The Morgan fingerprint density at radius 3 is 2.62 bits per heavy atom. The van der Waals surface area contributed by atoms with E-state index in [0.717, 1.165) is 50.1 Å². The Labute approximate surface area is 155 Å².